The van der Waals surface area contributed by atoms with Crippen molar-refractivity contribution in [1.29, 1.82) is 0 Å². The second-order valence-corrected chi connectivity index (χ2v) is 3.78. The summed E-state index contributed by atoms with van der Waals surface area (Å²) >= 11 is 3.36. The molecule has 1 aliphatic carbocycles. The van der Waals surface area contributed by atoms with Gasteiger partial charge in [-0.3, -0.25) is 0 Å². The second-order valence-electron chi connectivity index (χ2n) is 2.96. The Bertz CT molecular complexity index is 261. The normalized spacial score (nSPS) is 16.9. The Balaban J connectivity index is 2.39. The number of rotatable bonds is 1. The van der Waals surface area contributed by atoms with Crippen LogP contribution in [-0.4, -0.2) is 9.97 Å². The van der Waals surface area contributed by atoms with Crippen molar-refractivity contribution in [3.63, 3.8) is 0 Å². The van der Waals surface area contributed by atoms with E-state index in [4.69, 9.17) is 0 Å². The molecule has 0 unspecified atom stereocenters. The fraction of sp³-hybridized carbons (Fsp3) is 0.500. The highest BCUT2D eigenvalue weighted by Gasteiger charge is 2.26. The Labute approximate surface area is 74.2 Å². The first-order chi connectivity index (χ1) is 5.25. The summed E-state index contributed by atoms with van der Waals surface area (Å²) in [6.45, 7) is 2.00. The van der Waals surface area contributed by atoms with Crippen molar-refractivity contribution >= 4 is 15.9 Å². The molecular weight excluding hydrogens is 204 g/mol. The lowest BCUT2D eigenvalue weighted by atomic mass is 10.3. The van der Waals surface area contributed by atoms with Gasteiger partial charge in [-0.1, -0.05) is 0 Å². The lowest BCUT2D eigenvalue weighted by Crippen LogP contribution is -1.94. The van der Waals surface area contributed by atoms with Crippen LogP contribution in [0.2, 0.25) is 0 Å². The third kappa shape index (κ3) is 1.59. The van der Waals surface area contributed by atoms with E-state index in [9.17, 15) is 0 Å². The van der Waals surface area contributed by atoms with Crippen LogP contribution in [0.5, 0.6) is 0 Å². The molecule has 2 rings (SSSR count). The van der Waals surface area contributed by atoms with Crippen LogP contribution in [0.15, 0.2) is 10.7 Å². The minimum absolute atomic E-state index is 0.645. The van der Waals surface area contributed by atoms with E-state index in [0.717, 1.165) is 16.1 Å². The van der Waals surface area contributed by atoms with Crippen molar-refractivity contribution in [3.05, 3.63) is 22.2 Å². The van der Waals surface area contributed by atoms with Crippen LogP contribution in [0.4, 0.5) is 0 Å². The van der Waals surface area contributed by atoms with Crippen LogP contribution < -0.4 is 0 Å². The molecule has 0 atom stereocenters. The number of halogens is 1. The van der Waals surface area contributed by atoms with Crippen LogP contribution in [0, 0.1) is 6.92 Å². The molecule has 0 radical (unpaired) electrons. The minimum Gasteiger partial charge on any atom is -0.238 e. The standard InChI is InChI=1S/C8H9BrN2/c1-5-4-7(9)11-8(10-5)6-2-3-6/h4,6H,2-3H2,1H3. The fourth-order valence-electron chi connectivity index (χ4n) is 1.08. The molecule has 0 saturated heterocycles. The third-order valence-corrected chi connectivity index (χ3v) is 2.19. The molecule has 1 aromatic rings. The molecule has 0 aromatic carbocycles. The number of hydrogen-bond acceptors (Lipinski definition) is 2. The average molecular weight is 213 g/mol. The summed E-state index contributed by atoms with van der Waals surface area (Å²) in [5.41, 5.74) is 1.05. The predicted octanol–water partition coefficient (Wildman–Crippen LogP) is 2.42. The first kappa shape index (κ1) is 7.22. The molecule has 1 heterocycles. The van der Waals surface area contributed by atoms with E-state index < -0.39 is 0 Å². The molecule has 58 valence electrons. The maximum absolute atomic E-state index is 4.35. The van der Waals surface area contributed by atoms with Gasteiger partial charge in [0.2, 0.25) is 0 Å². The highest BCUT2D eigenvalue weighted by atomic mass is 79.9. The molecule has 11 heavy (non-hydrogen) atoms. The summed E-state index contributed by atoms with van der Waals surface area (Å²) in [5.74, 6) is 1.66. The van der Waals surface area contributed by atoms with Crippen LogP contribution >= 0.6 is 15.9 Å². The van der Waals surface area contributed by atoms with E-state index in [0.29, 0.717) is 5.92 Å². The Morgan fingerprint density at radius 1 is 1.45 bits per heavy atom. The molecule has 1 aromatic heterocycles. The van der Waals surface area contributed by atoms with Crippen molar-refractivity contribution in [2.24, 2.45) is 0 Å². The maximum atomic E-state index is 4.35. The molecule has 1 saturated carbocycles. The van der Waals surface area contributed by atoms with E-state index in [-0.39, 0.29) is 0 Å². The number of aromatic nitrogens is 2. The molecule has 3 heteroatoms. The van der Waals surface area contributed by atoms with E-state index in [1.807, 2.05) is 13.0 Å². The minimum atomic E-state index is 0.645. The van der Waals surface area contributed by atoms with Crippen LogP contribution in [0.25, 0.3) is 0 Å². The fourth-order valence-corrected chi connectivity index (χ4v) is 1.59. The van der Waals surface area contributed by atoms with Gasteiger partial charge in [-0.15, -0.1) is 0 Å². The first-order valence-corrected chi connectivity index (χ1v) is 4.56. The van der Waals surface area contributed by atoms with Crippen LogP contribution in [0.1, 0.15) is 30.3 Å². The lowest BCUT2D eigenvalue weighted by Gasteiger charge is -1.98. The van der Waals surface area contributed by atoms with Crippen LogP contribution in [0.3, 0.4) is 0 Å². The number of aryl methyl sites for hydroxylation is 1. The summed E-state index contributed by atoms with van der Waals surface area (Å²) in [6.07, 6.45) is 2.52. The van der Waals surface area contributed by atoms with Crippen molar-refractivity contribution in [3.8, 4) is 0 Å². The zero-order chi connectivity index (χ0) is 7.84. The zero-order valence-corrected chi connectivity index (χ0v) is 7.93. The summed E-state index contributed by atoms with van der Waals surface area (Å²) in [6, 6.07) is 1.94. The predicted molar refractivity (Wildman–Crippen MR) is 46.4 cm³/mol. The van der Waals surface area contributed by atoms with E-state index in [2.05, 4.69) is 25.9 Å². The number of nitrogens with zero attached hydrogens (tertiary/aromatic N) is 2. The Morgan fingerprint density at radius 3 is 2.73 bits per heavy atom. The molecule has 0 N–H and O–H groups in total. The van der Waals surface area contributed by atoms with Gasteiger partial charge in [-0.25, -0.2) is 9.97 Å². The van der Waals surface area contributed by atoms with Gasteiger partial charge in [-0.2, -0.15) is 0 Å². The van der Waals surface area contributed by atoms with Gasteiger partial charge in [0.25, 0.3) is 0 Å². The number of hydrogen-bond donors (Lipinski definition) is 0. The van der Waals surface area contributed by atoms with Gasteiger partial charge in [0.1, 0.15) is 10.4 Å². The molecule has 0 aliphatic heterocycles. The molecule has 0 spiro atoms. The third-order valence-electron chi connectivity index (χ3n) is 1.78. The molecule has 0 amide bonds. The zero-order valence-electron chi connectivity index (χ0n) is 6.34. The largest absolute Gasteiger partial charge is 0.238 e. The summed E-state index contributed by atoms with van der Waals surface area (Å²) in [4.78, 5) is 8.66. The molecule has 0 bridgehead atoms. The second kappa shape index (κ2) is 2.55. The van der Waals surface area contributed by atoms with Gasteiger partial charge in [0.05, 0.1) is 0 Å². The van der Waals surface area contributed by atoms with Gasteiger partial charge >= 0.3 is 0 Å². The quantitative estimate of drug-likeness (QED) is 0.669. The van der Waals surface area contributed by atoms with Crippen molar-refractivity contribution < 1.29 is 0 Å². The summed E-state index contributed by atoms with van der Waals surface area (Å²) in [7, 11) is 0. The van der Waals surface area contributed by atoms with Gasteiger partial charge in [-0.05, 0) is 41.8 Å². The van der Waals surface area contributed by atoms with Crippen molar-refractivity contribution in [2.45, 2.75) is 25.7 Å². The highest BCUT2D eigenvalue weighted by molar-refractivity contribution is 9.10. The first-order valence-electron chi connectivity index (χ1n) is 3.77. The average Bonchev–Trinajstić information content (AvgIpc) is 2.64. The lowest BCUT2D eigenvalue weighted by molar-refractivity contribution is 0.895. The Morgan fingerprint density at radius 2 is 2.18 bits per heavy atom. The molecule has 1 aliphatic rings. The SMILES string of the molecule is Cc1cc(Br)nc(C2CC2)n1. The Hall–Kier alpha value is -0.440. The maximum Gasteiger partial charge on any atom is 0.132 e. The van der Waals surface area contributed by atoms with E-state index >= 15 is 0 Å². The highest BCUT2D eigenvalue weighted by Crippen LogP contribution is 2.38. The van der Waals surface area contributed by atoms with Gasteiger partial charge in [0, 0.05) is 11.6 Å². The van der Waals surface area contributed by atoms with E-state index in [1.165, 1.54) is 12.8 Å². The Kier molecular flexibility index (Phi) is 1.68. The summed E-state index contributed by atoms with van der Waals surface area (Å²) in [5, 5.41) is 0. The van der Waals surface area contributed by atoms with Crippen molar-refractivity contribution in [2.75, 3.05) is 0 Å². The smallest absolute Gasteiger partial charge is 0.132 e. The van der Waals surface area contributed by atoms with Crippen molar-refractivity contribution in [1.82, 2.24) is 9.97 Å². The molecule has 2 nitrogen and oxygen atoms in total. The van der Waals surface area contributed by atoms with Gasteiger partial charge in [0.15, 0.2) is 0 Å². The van der Waals surface area contributed by atoms with Crippen LogP contribution in [-0.2, 0) is 0 Å². The van der Waals surface area contributed by atoms with E-state index in [1.54, 1.807) is 0 Å². The monoisotopic (exact) mass is 212 g/mol. The van der Waals surface area contributed by atoms with Gasteiger partial charge < -0.3 is 0 Å². The topological polar surface area (TPSA) is 25.8 Å². The summed E-state index contributed by atoms with van der Waals surface area (Å²) < 4.78 is 0.909. The molecule has 1 fully saturated rings. The molecular formula is C8H9BrN2.